The molecule has 0 fully saturated rings. The molecule has 232 valence electrons. The van der Waals surface area contributed by atoms with Crippen molar-refractivity contribution in [3.63, 3.8) is 0 Å². The molecule has 9 rings (SSSR count). The number of para-hydroxylation sites is 1. The van der Waals surface area contributed by atoms with E-state index in [9.17, 15) is 5.41 Å². The highest BCUT2D eigenvalue weighted by atomic mass is 32.1. The van der Waals surface area contributed by atoms with Gasteiger partial charge in [-0.3, -0.25) is 10.8 Å². The highest BCUT2D eigenvalue weighted by molar-refractivity contribution is 7.26. The van der Waals surface area contributed by atoms with Crippen molar-refractivity contribution in [3.05, 3.63) is 175 Å². The van der Waals surface area contributed by atoms with Gasteiger partial charge in [-0.05, 0) is 88.1 Å². The quantitative estimate of drug-likeness (QED) is 0.177. The molecule has 4 nitrogen and oxygen atoms in total. The van der Waals surface area contributed by atoms with Gasteiger partial charge in [0.15, 0.2) is 0 Å². The average molecular weight is 647 g/mol. The molecule has 0 saturated carbocycles. The summed E-state index contributed by atoms with van der Waals surface area (Å²) in [6.45, 7) is 0. The molecule has 0 saturated heterocycles. The fourth-order valence-electron chi connectivity index (χ4n) is 6.80. The van der Waals surface area contributed by atoms with Gasteiger partial charge in [0.1, 0.15) is 5.71 Å². The summed E-state index contributed by atoms with van der Waals surface area (Å²) in [5.41, 5.74) is 12.6. The maximum atomic E-state index is 9.19. The fraction of sp³-hybridized carbons (Fsp3) is 0. The van der Waals surface area contributed by atoms with Crippen LogP contribution in [-0.4, -0.2) is 11.4 Å². The van der Waals surface area contributed by atoms with E-state index in [1.54, 1.807) is 0 Å². The zero-order valence-corrected chi connectivity index (χ0v) is 27.3. The van der Waals surface area contributed by atoms with Crippen molar-refractivity contribution in [2.75, 3.05) is 10.3 Å². The number of hydrazone groups is 1. The van der Waals surface area contributed by atoms with Gasteiger partial charge in [0.05, 0.1) is 17.1 Å². The van der Waals surface area contributed by atoms with Crippen molar-refractivity contribution in [2.45, 2.75) is 0 Å². The highest BCUT2D eigenvalue weighted by Gasteiger charge is 2.22. The van der Waals surface area contributed by atoms with Gasteiger partial charge in [-0.25, -0.2) is 0 Å². The molecule has 49 heavy (non-hydrogen) atoms. The van der Waals surface area contributed by atoms with Crippen LogP contribution >= 0.6 is 11.3 Å². The van der Waals surface area contributed by atoms with Crippen molar-refractivity contribution in [1.29, 1.82) is 5.41 Å². The van der Waals surface area contributed by atoms with E-state index in [-0.39, 0.29) is 0 Å². The van der Waals surface area contributed by atoms with Crippen molar-refractivity contribution in [3.8, 4) is 11.1 Å². The van der Waals surface area contributed by atoms with Crippen molar-refractivity contribution >= 4 is 82.5 Å². The van der Waals surface area contributed by atoms with Crippen LogP contribution in [0.2, 0.25) is 0 Å². The molecule has 1 heterocycles. The van der Waals surface area contributed by atoms with Gasteiger partial charge in [-0.2, -0.15) is 5.10 Å². The van der Waals surface area contributed by atoms with E-state index < -0.39 is 0 Å². The Bertz CT molecular complexity index is 2580. The molecule has 0 aliphatic heterocycles. The predicted molar refractivity (Wildman–Crippen MR) is 210 cm³/mol. The van der Waals surface area contributed by atoms with E-state index in [1.807, 2.05) is 47.7 Å². The summed E-state index contributed by atoms with van der Waals surface area (Å²) in [6, 6.07) is 55.3. The number of rotatable bonds is 6. The van der Waals surface area contributed by atoms with Gasteiger partial charge in [-0.15, -0.1) is 11.3 Å². The maximum absolute atomic E-state index is 9.19. The first kappa shape index (κ1) is 28.9. The lowest BCUT2D eigenvalue weighted by Gasteiger charge is -2.27. The SMILES string of the molecule is N=C1/C(=N\Nc2ccccc2)C=Cc2ccc3cc(N(c4ccc(-c5ccccc5)cc4)c4cccc5sc6ccccc6c45)ccc3c21. The maximum Gasteiger partial charge on any atom is 0.109 e. The predicted octanol–water partition coefficient (Wildman–Crippen LogP) is 12.2. The lowest BCUT2D eigenvalue weighted by Crippen LogP contribution is -2.19. The first-order valence-electron chi connectivity index (χ1n) is 16.3. The zero-order valence-electron chi connectivity index (χ0n) is 26.5. The third kappa shape index (κ3) is 5.17. The first-order chi connectivity index (χ1) is 24.2. The zero-order chi connectivity index (χ0) is 32.7. The van der Waals surface area contributed by atoms with Gasteiger partial charge in [0.2, 0.25) is 0 Å². The minimum absolute atomic E-state index is 0.405. The molecule has 1 aliphatic carbocycles. The molecule has 1 aromatic heterocycles. The smallest absolute Gasteiger partial charge is 0.109 e. The van der Waals surface area contributed by atoms with E-state index >= 15 is 0 Å². The van der Waals surface area contributed by atoms with Crippen LogP contribution in [0.4, 0.5) is 22.7 Å². The number of fused-ring (bicyclic) bond motifs is 6. The number of anilines is 4. The van der Waals surface area contributed by atoms with Gasteiger partial charge in [0.25, 0.3) is 0 Å². The van der Waals surface area contributed by atoms with E-state index in [2.05, 4.69) is 149 Å². The second kappa shape index (κ2) is 12.1. The molecule has 8 aromatic rings. The molecule has 2 N–H and O–H groups in total. The van der Waals surface area contributed by atoms with Gasteiger partial charge in [0, 0.05) is 37.1 Å². The largest absolute Gasteiger partial charge is 0.310 e. The summed E-state index contributed by atoms with van der Waals surface area (Å²) < 4.78 is 2.54. The minimum atomic E-state index is 0.405. The third-order valence-electron chi connectivity index (χ3n) is 9.15. The topological polar surface area (TPSA) is 51.5 Å². The van der Waals surface area contributed by atoms with Gasteiger partial charge >= 0.3 is 0 Å². The molecule has 0 atom stereocenters. The minimum Gasteiger partial charge on any atom is -0.310 e. The lowest BCUT2D eigenvalue weighted by atomic mass is 9.89. The van der Waals surface area contributed by atoms with Crippen molar-refractivity contribution in [1.82, 2.24) is 0 Å². The Balaban J connectivity index is 1.18. The highest BCUT2D eigenvalue weighted by Crippen LogP contribution is 2.45. The number of benzene rings is 7. The average Bonchev–Trinajstić information content (AvgIpc) is 3.55. The summed E-state index contributed by atoms with van der Waals surface area (Å²) in [6.07, 6.45) is 3.96. The molecule has 0 radical (unpaired) electrons. The van der Waals surface area contributed by atoms with E-state index in [0.29, 0.717) is 11.4 Å². The molecule has 0 unspecified atom stereocenters. The molecular weight excluding hydrogens is 617 g/mol. The summed E-state index contributed by atoms with van der Waals surface area (Å²) in [4.78, 5) is 2.37. The Morgan fingerprint density at radius 1 is 0.571 bits per heavy atom. The van der Waals surface area contributed by atoms with Crippen LogP contribution in [0.15, 0.2) is 169 Å². The van der Waals surface area contributed by atoms with Gasteiger partial charge < -0.3 is 4.90 Å². The molecule has 7 aromatic carbocycles. The molecule has 0 spiro atoms. The van der Waals surface area contributed by atoms with Crippen LogP contribution in [-0.2, 0) is 0 Å². The Morgan fingerprint density at radius 3 is 2.12 bits per heavy atom. The van der Waals surface area contributed by atoms with Crippen LogP contribution in [0.25, 0.3) is 48.1 Å². The molecule has 1 aliphatic rings. The fourth-order valence-corrected chi connectivity index (χ4v) is 7.93. The van der Waals surface area contributed by atoms with Crippen LogP contribution in [0, 0.1) is 5.41 Å². The number of hydrogen-bond acceptors (Lipinski definition) is 5. The van der Waals surface area contributed by atoms with Crippen LogP contribution in [0.1, 0.15) is 11.1 Å². The summed E-state index contributed by atoms with van der Waals surface area (Å²) in [5.74, 6) is 0. The monoisotopic (exact) mass is 646 g/mol. The Morgan fingerprint density at radius 2 is 1.29 bits per heavy atom. The summed E-state index contributed by atoms with van der Waals surface area (Å²) >= 11 is 1.83. The third-order valence-corrected chi connectivity index (χ3v) is 10.3. The van der Waals surface area contributed by atoms with E-state index in [1.165, 1.54) is 31.3 Å². The number of thiophene rings is 1. The second-order valence-corrected chi connectivity index (χ2v) is 13.2. The number of nitrogens with zero attached hydrogens (tertiary/aromatic N) is 2. The molecule has 0 amide bonds. The van der Waals surface area contributed by atoms with E-state index in [4.69, 9.17) is 0 Å². The van der Waals surface area contributed by atoms with Crippen LogP contribution < -0.4 is 10.3 Å². The Labute approximate surface area is 288 Å². The molecule has 0 bridgehead atoms. The first-order valence-corrected chi connectivity index (χ1v) is 17.1. The Kier molecular flexibility index (Phi) is 7.11. The van der Waals surface area contributed by atoms with Crippen molar-refractivity contribution < 1.29 is 0 Å². The second-order valence-electron chi connectivity index (χ2n) is 12.1. The van der Waals surface area contributed by atoms with Crippen LogP contribution in [0.5, 0.6) is 0 Å². The molecular formula is C44H30N4S. The van der Waals surface area contributed by atoms with Crippen LogP contribution in [0.3, 0.4) is 0 Å². The summed E-state index contributed by atoms with van der Waals surface area (Å²) in [5, 5.41) is 18.4. The number of hydrogen-bond donors (Lipinski definition) is 2. The normalized spacial score (nSPS) is 13.3. The Hall–Kier alpha value is -6.30. The lowest BCUT2D eigenvalue weighted by molar-refractivity contribution is 1.31. The molecule has 5 heteroatoms. The standard InChI is InChI=1S/C44H30N4S/c45-44-38(47-46-33-12-5-2-6-13-33)27-22-31-18-19-32-28-35(25-26-36(32)42(31)44)48(34-23-20-30(21-24-34)29-10-3-1-4-11-29)39-15-9-17-41-43(39)37-14-7-8-16-40(37)49-41/h1-28,45-46H/b45-44?,47-38-. The number of nitrogens with one attached hydrogen (secondary N) is 2. The van der Waals surface area contributed by atoms with Gasteiger partial charge in [-0.1, -0.05) is 109 Å². The summed E-state index contributed by atoms with van der Waals surface area (Å²) in [7, 11) is 0. The number of allylic oxidation sites excluding steroid dienone is 1. The van der Waals surface area contributed by atoms with E-state index in [0.717, 1.165) is 44.6 Å². The van der Waals surface area contributed by atoms with Crippen molar-refractivity contribution in [2.24, 2.45) is 5.10 Å².